The van der Waals surface area contributed by atoms with Crippen molar-refractivity contribution in [3.63, 3.8) is 0 Å². The van der Waals surface area contributed by atoms with Crippen molar-refractivity contribution in [2.45, 2.75) is 4.90 Å². The molecule has 0 bridgehead atoms. The van der Waals surface area contributed by atoms with Crippen molar-refractivity contribution in [1.29, 1.82) is 0 Å². The molecule has 0 aliphatic carbocycles. The van der Waals surface area contributed by atoms with Gasteiger partial charge in [0, 0.05) is 13.1 Å². The number of morpholine rings is 1. The van der Waals surface area contributed by atoms with Crippen LogP contribution in [0.2, 0.25) is 0 Å². The topological polar surface area (TPSA) is 113 Å². The normalized spacial score (nSPS) is 15.4. The molecule has 1 aliphatic heterocycles. The van der Waals surface area contributed by atoms with Crippen molar-refractivity contribution >= 4 is 37.3 Å². The molecule has 0 aromatic heterocycles. The van der Waals surface area contributed by atoms with E-state index < -0.39 is 38.3 Å². The van der Waals surface area contributed by atoms with Crippen molar-refractivity contribution in [2.24, 2.45) is 0 Å². The highest BCUT2D eigenvalue weighted by Gasteiger charge is 2.27. The fourth-order valence-electron chi connectivity index (χ4n) is 3.00. The lowest BCUT2D eigenvalue weighted by atomic mass is 10.3. The number of anilines is 2. The summed E-state index contributed by atoms with van der Waals surface area (Å²) >= 11 is 0. The highest BCUT2D eigenvalue weighted by Crippen LogP contribution is 2.23. The van der Waals surface area contributed by atoms with Gasteiger partial charge in [-0.1, -0.05) is 12.1 Å². The van der Waals surface area contributed by atoms with Crippen LogP contribution >= 0.6 is 0 Å². The van der Waals surface area contributed by atoms with E-state index in [2.05, 4.69) is 5.32 Å². The van der Waals surface area contributed by atoms with E-state index in [1.807, 2.05) is 0 Å². The number of nitrogens with one attached hydrogen (secondary N) is 1. The van der Waals surface area contributed by atoms with Gasteiger partial charge in [0.05, 0.1) is 35.7 Å². The number of rotatable bonds is 7. The zero-order valence-corrected chi connectivity index (χ0v) is 18.3. The number of hydrogen-bond donors (Lipinski definition) is 1. The lowest BCUT2D eigenvalue weighted by molar-refractivity contribution is -0.114. The summed E-state index contributed by atoms with van der Waals surface area (Å²) in [7, 11) is -7.63. The molecule has 1 N–H and O–H groups in total. The molecule has 0 spiro atoms. The minimum Gasteiger partial charge on any atom is -0.379 e. The predicted octanol–water partition coefficient (Wildman–Crippen LogP) is 1.25. The van der Waals surface area contributed by atoms with Gasteiger partial charge in [0.2, 0.25) is 26.0 Å². The van der Waals surface area contributed by atoms with E-state index in [1.54, 1.807) is 0 Å². The molecule has 1 fully saturated rings. The average molecular weight is 472 g/mol. The van der Waals surface area contributed by atoms with Gasteiger partial charge < -0.3 is 10.1 Å². The Balaban J connectivity index is 1.80. The van der Waals surface area contributed by atoms with E-state index in [9.17, 15) is 26.0 Å². The molecule has 12 heteroatoms. The summed E-state index contributed by atoms with van der Waals surface area (Å²) in [5, 5.41) is 2.33. The number of sulfonamides is 2. The Morgan fingerprint density at radius 1 is 1.06 bits per heavy atom. The Labute approximate surface area is 180 Å². The SMILES string of the molecule is CS(=O)(=O)N(CC(=O)Nc1ccccc1F)c1ccc(S(=O)(=O)N2CCOCC2)cc1. The van der Waals surface area contributed by atoms with E-state index in [0.717, 1.165) is 16.6 Å². The molecule has 2 aromatic carbocycles. The number of nitrogens with zero attached hydrogens (tertiary/aromatic N) is 2. The van der Waals surface area contributed by atoms with Gasteiger partial charge in [0.1, 0.15) is 12.4 Å². The third kappa shape index (κ3) is 5.58. The zero-order valence-electron chi connectivity index (χ0n) is 16.7. The van der Waals surface area contributed by atoms with Gasteiger partial charge in [-0.25, -0.2) is 21.2 Å². The van der Waals surface area contributed by atoms with Gasteiger partial charge >= 0.3 is 0 Å². The van der Waals surface area contributed by atoms with Crippen molar-refractivity contribution in [1.82, 2.24) is 4.31 Å². The zero-order chi connectivity index (χ0) is 22.6. The second-order valence-electron chi connectivity index (χ2n) is 6.81. The largest absolute Gasteiger partial charge is 0.379 e. The van der Waals surface area contributed by atoms with E-state index in [-0.39, 0.29) is 29.4 Å². The van der Waals surface area contributed by atoms with Crippen LogP contribution < -0.4 is 9.62 Å². The Morgan fingerprint density at radius 2 is 1.68 bits per heavy atom. The number of amides is 1. The maximum Gasteiger partial charge on any atom is 0.245 e. The highest BCUT2D eigenvalue weighted by atomic mass is 32.2. The fourth-order valence-corrected chi connectivity index (χ4v) is 5.27. The fraction of sp³-hybridized carbons (Fsp3) is 0.316. The molecule has 0 atom stereocenters. The van der Waals surface area contributed by atoms with Crippen LogP contribution in [0.3, 0.4) is 0 Å². The third-order valence-electron chi connectivity index (χ3n) is 4.57. The lowest BCUT2D eigenvalue weighted by Crippen LogP contribution is -2.40. The first-order valence-electron chi connectivity index (χ1n) is 9.29. The average Bonchev–Trinajstić information content (AvgIpc) is 2.74. The first-order chi connectivity index (χ1) is 14.6. The van der Waals surface area contributed by atoms with Gasteiger partial charge in [-0.2, -0.15) is 4.31 Å². The summed E-state index contributed by atoms with van der Waals surface area (Å²) in [5.74, 6) is -1.40. The molecular formula is C19H22FN3O6S2. The Hall–Kier alpha value is -2.54. The lowest BCUT2D eigenvalue weighted by Gasteiger charge is -2.26. The predicted molar refractivity (Wildman–Crippen MR) is 113 cm³/mol. The summed E-state index contributed by atoms with van der Waals surface area (Å²) in [6.45, 7) is 0.459. The quantitative estimate of drug-likeness (QED) is 0.650. The number of ether oxygens (including phenoxy) is 1. The van der Waals surface area contributed by atoms with Crippen LogP contribution in [0.25, 0.3) is 0 Å². The van der Waals surface area contributed by atoms with Crippen molar-refractivity contribution in [3.8, 4) is 0 Å². The van der Waals surface area contributed by atoms with E-state index >= 15 is 0 Å². The van der Waals surface area contributed by atoms with Gasteiger partial charge in [-0.05, 0) is 36.4 Å². The van der Waals surface area contributed by atoms with Crippen LogP contribution in [-0.4, -0.2) is 66.2 Å². The molecule has 0 radical (unpaired) electrons. The number of carbonyl (C=O) groups is 1. The first-order valence-corrected chi connectivity index (χ1v) is 12.6. The van der Waals surface area contributed by atoms with Crippen LogP contribution in [0.4, 0.5) is 15.8 Å². The standard InChI is InChI=1S/C19H22FN3O6S2/c1-30(25,26)23(14-19(24)21-18-5-3-2-4-17(18)20)15-6-8-16(9-7-15)31(27,28)22-10-12-29-13-11-22/h2-9H,10-14H2,1H3,(H,21,24). The van der Waals surface area contributed by atoms with Gasteiger partial charge in [-0.15, -0.1) is 0 Å². The van der Waals surface area contributed by atoms with Crippen LogP contribution in [0.5, 0.6) is 0 Å². The Kier molecular flexibility index (Phi) is 6.94. The molecule has 1 aliphatic rings. The van der Waals surface area contributed by atoms with Gasteiger partial charge in [0.25, 0.3) is 0 Å². The highest BCUT2D eigenvalue weighted by molar-refractivity contribution is 7.92. The monoisotopic (exact) mass is 471 g/mol. The van der Waals surface area contributed by atoms with Crippen molar-refractivity contribution in [3.05, 3.63) is 54.3 Å². The van der Waals surface area contributed by atoms with Crippen LogP contribution in [0.15, 0.2) is 53.4 Å². The first kappa shape index (κ1) is 23.1. The number of carbonyl (C=O) groups excluding carboxylic acids is 1. The molecule has 3 rings (SSSR count). The molecule has 31 heavy (non-hydrogen) atoms. The molecule has 1 amide bonds. The third-order valence-corrected chi connectivity index (χ3v) is 7.62. The van der Waals surface area contributed by atoms with Crippen LogP contribution in [0.1, 0.15) is 0 Å². The van der Waals surface area contributed by atoms with E-state index in [0.29, 0.717) is 13.2 Å². The summed E-state index contributed by atoms with van der Waals surface area (Å²) in [5.41, 5.74) is 0.0278. The maximum absolute atomic E-state index is 13.7. The Morgan fingerprint density at radius 3 is 2.26 bits per heavy atom. The van der Waals surface area contributed by atoms with Gasteiger partial charge in [0.15, 0.2) is 0 Å². The van der Waals surface area contributed by atoms with Crippen LogP contribution in [0, 0.1) is 5.82 Å². The number of hydrogen-bond acceptors (Lipinski definition) is 6. The molecule has 0 saturated carbocycles. The van der Waals surface area contributed by atoms with Crippen LogP contribution in [-0.2, 0) is 29.6 Å². The van der Waals surface area contributed by atoms with Gasteiger partial charge in [-0.3, -0.25) is 9.10 Å². The summed E-state index contributed by atoms with van der Waals surface area (Å²) < 4.78 is 70.9. The molecule has 0 unspecified atom stereocenters. The number of benzene rings is 2. The molecule has 1 heterocycles. The molecule has 1 saturated heterocycles. The minimum absolute atomic E-state index is 0.00223. The van der Waals surface area contributed by atoms with Crippen molar-refractivity contribution < 1.29 is 30.8 Å². The molecule has 2 aromatic rings. The molecule has 9 nitrogen and oxygen atoms in total. The summed E-state index contributed by atoms with van der Waals surface area (Å²) in [6, 6.07) is 10.7. The summed E-state index contributed by atoms with van der Waals surface area (Å²) in [6.07, 6.45) is 0.918. The number of para-hydroxylation sites is 1. The molecular weight excluding hydrogens is 449 g/mol. The van der Waals surface area contributed by atoms with E-state index in [1.165, 1.54) is 46.8 Å². The smallest absolute Gasteiger partial charge is 0.245 e. The minimum atomic E-state index is -3.88. The number of halogens is 1. The summed E-state index contributed by atoms with van der Waals surface area (Å²) in [4.78, 5) is 12.3. The second kappa shape index (κ2) is 9.30. The molecule has 168 valence electrons. The van der Waals surface area contributed by atoms with E-state index in [4.69, 9.17) is 4.74 Å². The second-order valence-corrected chi connectivity index (χ2v) is 10.7. The maximum atomic E-state index is 13.7. The van der Waals surface area contributed by atoms with Crippen molar-refractivity contribution in [2.75, 3.05) is 48.7 Å². The Bertz CT molecular complexity index is 1150.